The number of methoxy groups -OCH3 is 1. The standard InChI is InChI=1S/C9H19NO3S/c1-13-6-7-14(11,12)9-4-2-3-5-10-8-9/h9-10H,2-8H2,1H3. The van der Waals surface area contributed by atoms with Crippen LogP contribution in [0.5, 0.6) is 0 Å². The van der Waals surface area contributed by atoms with Gasteiger partial charge in [0, 0.05) is 13.7 Å². The van der Waals surface area contributed by atoms with Crippen LogP contribution < -0.4 is 5.32 Å². The molecule has 5 heteroatoms. The zero-order valence-corrected chi connectivity index (χ0v) is 9.48. The minimum absolute atomic E-state index is 0.149. The first-order chi connectivity index (χ1) is 6.67. The molecule has 0 aromatic heterocycles. The van der Waals surface area contributed by atoms with Crippen molar-refractivity contribution in [3.8, 4) is 0 Å². The van der Waals surface area contributed by atoms with Gasteiger partial charge in [-0.05, 0) is 19.4 Å². The summed E-state index contributed by atoms with van der Waals surface area (Å²) in [5.74, 6) is 0.149. The molecule has 1 unspecified atom stereocenters. The summed E-state index contributed by atoms with van der Waals surface area (Å²) in [6.07, 6.45) is 2.87. The van der Waals surface area contributed by atoms with Crippen molar-refractivity contribution in [2.75, 3.05) is 32.6 Å². The van der Waals surface area contributed by atoms with Gasteiger partial charge in [-0.25, -0.2) is 8.42 Å². The van der Waals surface area contributed by atoms with Crippen molar-refractivity contribution in [2.24, 2.45) is 0 Å². The number of ether oxygens (including phenoxy) is 1. The molecule has 1 N–H and O–H groups in total. The molecule has 1 rings (SSSR count). The van der Waals surface area contributed by atoms with E-state index in [1.54, 1.807) is 0 Å². The lowest BCUT2D eigenvalue weighted by atomic mass is 10.2. The highest BCUT2D eigenvalue weighted by Gasteiger charge is 2.25. The molecule has 14 heavy (non-hydrogen) atoms. The molecule has 1 saturated heterocycles. The highest BCUT2D eigenvalue weighted by Crippen LogP contribution is 2.13. The van der Waals surface area contributed by atoms with Crippen molar-refractivity contribution < 1.29 is 13.2 Å². The first-order valence-electron chi connectivity index (χ1n) is 5.08. The monoisotopic (exact) mass is 221 g/mol. The molecule has 0 radical (unpaired) electrons. The lowest BCUT2D eigenvalue weighted by Crippen LogP contribution is -2.34. The fourth-order valence-electron chi connectivity index (χ4n) is 1.66. The van der Waals surface area contributed by atoms with E-state index >= 15 is 0 Å². The molecule has 0 bridgehead atoms. The van der Waals surface area contributed by atoms with E-state index in [0.717, 1.165) is 25.8 Å². The van der Waals surface area contributed by atoms with Crippen LogP contribution in [0.4, 0.5) is 0 Å². The van der Waals surface area contributed by atoms with Gasteiger partial charge in [0.15, 0.2) is 9.84 Å². The highest BCUT2D eigenvalue weighted by atomic mass is 32.2. The van der Waals surface area contributed by atoms with E-state index in [9.17, 15) is 8.42 Å². The Labute approximate surface area is 85.9 Å². The fourth-order valence-corrected chi connectivity index (χ4v) is 3.29. The molecular formula is C9H19NO3S. The number of sulfone groups is 1. The van der Waals surface area contributed by atoms with E-state index in [-0.39, 0.29) is 11.0 Å². The molecular weight excluding hydrogens is 202 g/mol. The summed E-state index contributed by atoms with van der Waals surface area (Å²) >= 11 is 0. The zero-order valence-electron chi connectivity index (χ0n) is 8.66. The molecule has 1 atom stereocenters. The van der Waals surface area contributed by atoms with E-state index in [4.69, 9.17) is 4.74 Å². The summed E-state index contributed by atoms with van der Waals surface area (Å²) < 4.78 is 28.4. The van der Waals surface area contributed by atoms with E-state index in [0.29, 0.717) is 13.2 Å². The quantitative estimate of drug-likeness (QED) is 0.736. The Morgan fingerprint density at radius 1 is 1.43 bits per heavy atom. The lowest BCUT2D eigenvalue weighted by molar-refractivity contribution is 0.217. The first kappa shape index (κ1) is 11.9. The summed E-state index contributed by atoms with van der Waals surface area (Å²) in [6, 6.07) is 0. The molecule has 0 aromatic carbocycles. The second kappa shape index (κ2) is 5.68. The average Bonchev–Trinajstić information content (AvgIpc) is 2.43. The van der Waals surface area contributed by atoms with E-state index in [2.05, 4.69) is 5.32 Å². The minimum atomic E-state index is -2.96. The maximum absolute atomic E-state index is 11.8. The minimum Gasteiger partial charge on any atom is -0.384 e. The van der Waals surface area contributed by atoms with Crippen LogP contribution in [-0.4, -0.2) is 46.2 Å². The van der Waals surface area contributed by atoms with E-state index in [1.807, 2.05) is 0 Å². The number of rotatable bonds is 4. The van der Waals surface area contributed by atoms with E-state index < -0.39 is 9.84 Å². The summed E-state index contributed by atoms with van der Waals surface area (Å²) in [5, 5.41) is 2.95. The second-order valence-corrected chi connectivity index (χ2v) is 6.08. The third-order valence-corrected chi connectivity index (χ3v) is 4.74. The van der Waals surface area contributed by atoms with Crippen molar-refractivity contribution in [2.45, 2.75) is 24.5 Å². The molecule has 0 aromatic rings. The molecule has 0 amide bonds. The Morgan fingerprint density at radius 3 is 2.93 bits per heavy atom. The highest BCUT2D eigenvalue weighted by molar-refractivity contribution is 7.92. The van der Waals surface area contributed by atoms with Gasteiger partial charge in [-0.15, -0.1) is 0 Å². The van der Waals surface area contributed by atoms with Gasteiger partial charge in [-0.3, -0.25) is 0 Å². The molecule has 0 saturated carbocycles. The molecule has 4 nitrogen and oxygen atoms in total. The summed E-state index contributed by atoms with van der Waals surface area (Å²) in [5.41, 5.74) is 0. The summed E-state index contributed by atoms with van der Waals surface area (Å²) in [6.45, 7) is 1.85. The van der Waals surface area contributed by atoms with Gasteiger partial charge in [0.05, 0.1) is 17.6 Å². The fraction of sp³-hybridized carbons (Fsp3) is 1.00. The second-order valence-electron chi connectivity index (χ2n) is 3.68. The van der Waals surface area contributed by atoms with Crippen LogP contribution in [0.15, 0.2) is 0 Å². The van der Waals surface area contributed by atoms with E-state index in [1.165, 1.54) is 7.11 Å². The normalized spacial score (nSPS) is 24.5. The summed E-state index contributed by atoms with van der Waals surface area (Å²) in [7, 11) is -1.43. The third-order valence-electron chi connectivity index (χ3n) is 2.58. The van der Waals surface area contributed by atoms with Crippen molar-refractivity contribution in [3.63, 3.8) is 0 Å². The SMILES string of the molecule is COCCS(=O)(=O)C1CCCCNC1. The van der Waals surface area contributed by atoms with Crippen LogP contribution in [0.2, 0.25) is 0 Å². The first-order valence-corrected chi connectivity index (χ1v) is 6.79. The van der Waals surface area contributed by atoms with Gasteiger partial charge in [-0.2, -0.15) is 0 Å². The molecule has 0 spiro atoms. The molecule has 1 aliphatic rings. The van der Waals surface area contributed by atoms with Crippen LogP contribution >= 0.6 is 0 Å². The Balaban J connectivity index is 2.51. The smallest absolute Gasteiger partial charge is 0.156 e. The summed E-state index contributed by atoms with van der Waals surface area (Å²) in [4.78, 5) is 0. The molecule has 84 valence electrons. The number of hydrogen-bond acceptors (Lipinski definition) is 4. The van der Waals surface area contributed by atoms with Gasteiger partial charge in [0.2, 0.25) is 0 Å². The predicted octanol–water partition coefficient (Wildman–Crippen LogP) is 0.190. The maximum atomic E-state index is 11.8. The molecule has 1 heterocycles. The number of hydrogen-bond donors (Lipinski definition) is 1. The molecule has 1 fully saturated rings. The Bertz CT molecular complexity index is 243. The van der Waals surface area contributed by atoms with Gasteiger partial charge in [0.25, 0.3) is 0 Å². The average molecular weight is 221 g/mol. The van der Waals surface area contributed by atoms with Crippen LogP contribution in [0.1, 0.15) is 19.3 Å². The van der Waals surface area contributed by atoms with Crippen molar-refractivity contribution in [3.05, 3.63) is 0 Å². The van der Waals surface area contributed by atoms with Crippen LogP contribution in [-0.2, 0) is 14.6 Å². The topological polar surface area (TPSA) is 55.4 Å². The van der Waals surface area contributed by atoms with Crippen LogP contribution in [0, 0.1) is 0 Å². The Morgan fingerprint density at radius 2 is 2.21 bits per heavy atom. The molecule has 0 aliphatic carbocycles. The maximum Gasteiger partial charge on any atom is 0.156 e. The zero-order chi connectivity index (χ0) is 10.4. The van der Waals surface area contributed by atoms with Crippen molar-refractivity contribution in [1.82, 2.24) is 5.32 Å². The predicted molar refractivity (Wildman–Crippen MR) is 56.2 cm³/mol. The largest absolute Gasteiger partial charge is 0.384 e. The third kappa shape index (κ3) is 3.55. The van der Waals surface area contributed by atoms with Crippen molar-refractivity contribution in [1.29, 1.82) is 0 Å². The Hall–Kier alpha value is -0.130. The van der Waals surface area contributed by atoms with Gasteiger partial charge >= 0.3 is 0 Å². The number of nitrogens with one attached hydrogen (secondary N) is 1. The van der Waals surface area contributed by atoms with Crippen LogP contribution in [0.3, 0.4) is 0 Å². The van der Waals surface area contributed by atoms with Gasteiger partial charge in [-0.1, -0.05) is 6.42 Å². The van der Waals surface area contributed by atoms with Crippen molar-refractivity contribution >= 4 is 9.84 Å². The Kier molecular flexibility index (Phi) is 4.84. The van der Waals surface area contributed by atoms with Gasteiger partial charge < -0.3 is 10.1 Å². The van der Waals surface area contributed by atoms with Crippen LogP contribution in [0.25, 0.3) is 0 Å². The van der Waals surface area contributed by atoms with Gasteiger partial charge in [0.1, 0.15) is 0 Å². The lowest BCUT2D eigenvalue weighted by Gasteiger charge is -2.14. The molecule has 1 aliphatic heterocycles.